The molecule has 1 aromatic rings. The fraction of sp³-hybridized carbons (Fsp3) is 0.500. The van der Waals surface area contributed by atoms with Gasteiger partial charge in [-0.15, -0.1) is 0 Å². The molecule has 0 aromatic heterocycles. The number of rotatable bonds is 7. The molecule has 0 fully saturated rings. The molecule has 0 atom stereocenters. The van der Waals surface area contributed by atoms with E-state index in [4.69, 9.17) is 5.73 Å². The Labute approximate surface area is 126 Å². The molecular formula is C16H25N3O2. The van der Waals surface area contributed by atoms with E-state index in [9.17, 15) is 9.59 Å². The predicted octanol–water partition coefficient (Wildman–Crippen LogP) is 2.28. The lowest BCUT2D eigenvalue weighted by Gasteiger charge is -2.25. The van der Waals surface area contributed by atoms with Crippen molar-refractivity contribution in [1.29, 1.82) is 0 Å². The lowest BCUT2D eigenvalue weighted by molar-refractivity contribution is -0.121. The van der Waals surface area contributed by atoms with Crippen molar-refractivity contribution in [3.63, 3.8) is 0 Å². The summed E-state index contributed by atoms with van der Waals surface area (Å²) < 4.78 is 0. The fourth-order valence-electron chi connectivity index (χ4n) is 1.91. The monoisotopic (exact) mass is 291 g/mol. The zero-order valence-corrected chi connectivity index (χ0v) is 13.0. The number of hydrogen-bond acceptors (Lipinski definition) is 3. The van der Waals surface area contributed by atoms with E-state index < -0.39 is 5.54 Å². The molecule has 0 spiro atoms. The van der Waals surface area contributed by atoms with E-state index in [1.807, 2.05) is 20.8 Å². The van der Waals surface area contributed by atoms with Gasteiger partial charge in [-0.25, -0.2) is 0 Å². The molecule has 0 aliphatic rings. The third kappa shape index (κ3) is 4.56. The van der Waals surface area contributed by atoms with Gasteiger partial charge in [0.25, 0.3) is 5.91 Å². The van der Waals surface area contributed by atoms with Crippen LogP contribution >= 0.6 is 0 Å². The summed E-state index contributed by atoms with van der Waals surface area (Å²) in [6, 6.07) is 6.87. The van der Waals surface area contributed by atoms with Gasteiger partial charge in [0.1, 0.15) is 0 Å². The molecule has 116 valence electrons. The van der Waals surface area contributed by atoms with Crippen molar-refractivity contribution in [2.45, 2.75) is 45.6 Å². The summed E-state index contributed by atoms with van der Waals surface area (Å²) >= 11 is 0. The minimum atomic E-state index is -0.875. The van der Waals surface area contributed by atoms with Gasteiger partial charge in [-0.1, -0.05) is 26.8 Å². The van der Waals surface area contributed by atoms with Crippen LogP contribution in [0.25, 0.3) is 0 Å². The zero-order chi connectivity index (χ0) is 15.9. The Hall–Kier alpha value is -1.88. The summed E-state index contributed by atoms with van der Waals surface area (Å²) in [5.41, 5.74) is 6.29. The van der Waals surface area contributed by atoms with Crippen LogP contribution in [-0.2, 0) is 4.79 Å². The third-order valence-corrected chi connectivity index (χ3v) is 3.63. The maximum absolute atomic E-state index is 12.2. The standard InChI is InChI=1S/C16H25N3O2/c1-4-10-18-14(20)12-8-7-9-13(11-12)19-15(21)16(17,5-2)6-3/h7-9,11H,4-6,10,17H2,1-3H3,(H,18,20)(H,19,21). The number of anilines is 1. The second-order valence-electron chi connectivity index (χ2n) is 5.15. The molecule has 0 aliphatic heterocycles. The first-order chi connectivity index (χ1) is 9.96. The highest BCUT2D eigenvalue weighted by Gasteiger charge is 2.29. The number of carbonyl (C=O) groups is 2. The van der Waals surface area contributed by atoms with Crippen LogP contribution < -0.4 is 16.4 Å². The van der Waals surface area contributed by atoms with Crippen molar-refractivity contribution in [3.05, 3.63) is 29.8 Å². The van der Waals surface area contributed by atoms with E-state index >= 15 is 0 Å². The highest BCUT2D eigenvalue weighted by molar-refractivity contribution is 6.00. The summed E-state index contributed by atoms with van der Waals surface area (Å²) in [5.74, 6) is -0.364. The van der Waals surface area contributed by atoms with Crippen LogP contribution in [0.2, 0.25) is 0 Å². The smallest absolute Gasteiger partial charge is 0.251 e. The number of carbonyl (C=O) groups excluding carboxylic acids is 2. The van der Waals surface area contributed by atoms with E-state index in [2.05, 4.69) is 10.6 Å². The highest BCUT2D eigenvalue weighted by Crippen LogP contribution is 2.16. The SMILES string of the molecule is CCCNC(=O)c1cccc(NC(=O)C(N)(CC)CC)c1. The maximum atomic E-state index is 12.2. The highest BCUT2D eigenvalue weighted by atomic mass is 16.2. The Kier molecular flexibility index (Phi) is 6.37. The fourth-order valence-corrected chi connectivity index (χ4v) is 1.91. The van der Waals surface area contributed by atoms with Crippen molar-refractivity contribution in [3.8, 4) is 0 Å². The van der Waals surface area contributed by atoms with Gasteiger partial charge in [-0.3, -0.25) is 9.59 Å². The molecule has 0 bridgehead atoms. The molecule has 5 heteroatoms. The van der Waals surface area contributed by atoms with Crippen LogP contribution in [0.3, 0.4) is 0 Å². The van der Waals surface area contributed by atoms with Gasteiger partial charge >= 0.3 is 0 Å². The summed E-state index contributed by atoms with van der Waals surface area (Å²) in [7, 11) is 0. The van der Waals surface area contributed by atoms with Gasteiger partial charge in [0.15, 0.2) is 0 Å². The van der Waals surface area contributed by atoms with Crippen molar-refractivity contribution in [2.75, 3.05) is 11.9 Å². The van der Waals surface area contributed by atoms with Crippen molar-refractivity contribution >= 4 is 17.5 Å². The molecule has 0 aliphatic carbocycles. The quantitative estimate of drug-likeness (QED) is 0.720. The molecule has 2 amide bonds. The molecule has 1 aromatic carbocycles. The van der Waals surface area contributed by atoms with Crippen LogP contribution in [0.5, 0.6) is 0 Å². The van der Waals surface area contributed by atoms with Gasteiger partial charge in [-0.05, 0) is 37.5 Å². The summed E-state index contributed by atoms with van der Waals surface area (Å²) in [6.45, 7) is 6.40. The van der Waals surface area contributed by atoms with Crippen molar-refractivity contribution in [1.82, 2.24) is 5.32 Å². The number of nitrogens with one attached hydrogen (secondary N) is 2. The molecule has 1 rings (SSSR count). The topological polar surface area (TPSA) is 84.2 Å². The van der Waals surface area contributed by atoms with Gasteiger partial charge < -0.3 is 16.4 Å². The number of nitrogens with two attached hydrogens (primary N) is 1. The Morgan fingerprint density at radius 1 is 1.19 bits per heavy atom. The molecule has 5 nitrogen and oxygen atoms in total. The van der Waals surface area contributed by atoms with Crippen LogP contribution in [0.4, 0.5) is 5.69 Å². The Morgan fingerprint density at radius 2 is 1.86 bits per heavy atom. The van der Waals surface area contributed by atoms with E-state index in [-0.39, 0.29) is 11.8 Å². The van der Waals surface area contributed by atoms with Crippen molar-refractivity contribution < 1.29 is 9.59 Å². The first-order valence-electron chi connectivity index (χ1n) is 7.45. The van der Waals surface area contributed by atoms with Gasteiger partial charge in [0.2, 0.25) is 5.91 Å². The third-order valence-electron chi connectivity index (χ3n) is 3.63. The van der Waals surface area contributed by atoms with Gasteiger partial charge in [0.05, 0.1) is 5.54 Å². The minimum Gasteiger partial charge on any atom is -0.352 e. The average Bonchev–Trinajstić information content (AvgIpc) is 2.51. The van der Waals surface area contributed by atoms with Crippen LogP contribution in [0, 0.1) is 0 Å². The summed E-state index contributed by atoms with van der Waals surface area (Å²) in [4.78, 5) is 24.1. The van der Waals surface area contributed by atoms with Gasteiger partial charge in [0, 0.05) is 17.8 Å². The lowest BCUT2D eigenvalue weighted by Crippen LogP contribution is -2.50. The average molecular weight is 291 g/mol. The van der Waals surface area contributed by atoms with E-state index in [0.29, 0.717) is 30.6 Å². The minimum absolute atomic E-state index is 0.141. The summed E-state index contributed by atoms with van der Waals surface area (Å²) in [5, 5.41) is 5.60. The molecular weight excluding hydrogens is 266 g/mol. The Bertz CT molecular complexity index is 496. The molecule has 4 N–H and O–H groups in total. The van der Waals surface area contributed by atoms with Crippen LogP contribution in [0.15, 0.2) is 24.3 Å². The number of hydrogen-bond donors (Lipinski definition) is 3. The van der Waals surface area contributed by atoms with E-state index in [0.717, 1.165) is 6.42 Å². The zero-order valence-electron chi connectivity index (χ0n) is 13.0. The molecule has 0 heterocycles. The Morgan fingerprint density at radius 3 is 2.43 bits per heavy atom. The second kappa shape index (κ2) is 7.78. The van der Waals surface area contributed by atoms with Crippen molar-refractivity contribution in [2.24, 2.45) is 5.73 Å². The molecule has 0 saturated carbocycles. The van der Waals surface area contributed by atoms with Gasteiger partial charge in [-0.2, -0.15) is 0 Å². The van der Waals surface area contributed by atoms with Crippen LogP contribution in [0.1, 0.15) is 50.4 Å². The van der Waals surface area contributed by atoms with Crippen LogP contribution in [-0.4, -0.2) is 23.9 Å². The normalized spacial score (nSPS) is 11.0. The Balaban J connectivity index is 2.81. The first-order valence-corrected chi connectivity index (χ1v) is 7.45. The lowest BCUT2D eigenvalue weighted by atomic mass is 9.93. The number of benzene rings is 1. The molecule has 0 unspecified atom stereocenters. The molecule has 21 heavy (non-hydrogen) atoms. The molecule has 0 saturated heterocycles. The second-order valence-corrected chi connectivity index (χ2v) is 5.15. The van der Waals surface area contributed by atoms with E-state index in [1.54, 1.807) is 24.3 Å². The summed E-state index contributed by atoms with van der Waals surface area (Å²) in [6.07, 6.45) is 2.00. The van der Waals surface area contributed by atoms with E-state index in [1.165, 1.54) is 0 Å². The molecule has 0 radical (unpaired) electrons. The first kappa shape index (κ1) is 17.2. The predicted molar refractivity (Wildman–Crippen MR) is 85.2 cm³/mol. The largest absolute Gasteiger partial charge is 0.352 e. The maximum Gasteiger partial charge on any atom is 0.251 e. The number of amides is 2.